The van der Waals surface area contributed by atoms with E-state index in [4.69, 9.17) is 0 Å². The molecule has 1 aromatic carbocycles. The van der Waals surface area contributed by atoms with Crippen LogP contribution in [0, 0.1) is 19.8 Å². The van der Waals surface area contributed by atoms with Crippen molar-refractivity contribution in [3.8, 4) is 0 Å². The van der Waals surface area contributed by atoms with Crippen molar-refractivity contribution in [1.82, 2.24) is 14.5 Å². The van der Waals surface area contributed by atoms with Crippen LogP contribution in [0.4, 0.5) is 0 Å². The summed E-state index contributed by atoms with van der Waals surface area (Å²) < 4.78 is 27.4. The van der Waals surface area contributed by atoms with Crippen LogP contribution >= 0.6 is 11.3 Å². The van der Waals surface area contributed by atoms with E-state index in [1.165, 1.54) is 15.6 Å². The number of nitrogens with zero attached hydrogens (tertiary/aromatic N) is 2. The Bertz CT molecular complexity index is 1050. The van der Waals surface area contributed by atoms with Crippen molar-refractivity contribution in [2.75, 3.05) is 26.2 Å². The second-order valence-corrected chi connectivity index (χ2v) is 11.6. The van der Waals surface area contributed by atoms with E-state index >= 15 is 0 Å². The molecule has 0 saturated carbocycles. The number of aryl methyl sites for hydroxylation is 2. The van der Waals surface area contributed by atoms with Crippen molar-refractivity contribution in [3.05, 3.63) is 52.4 Å². The molecule has 1 fully saturated rings. The van der Waals surface area contributed by atoms with Crippen molar-refractivity contribution in [1.29, 1.82) is 0 Å². The number of rotatable bonds is 6. The van der Waals surface area contributed by atoms with Crippen LogP contribution in [0.5, 0.6) is 0 Å². The molecule has 0 radical (unpaired) electrons. The van der Waals surface area contributed by atoms with Crippen LogP contribution in [0.25, 0.3) is 0 Å². The van der Waals surface area contributed by atoms with Crippen molar-refractivity contribution in [2.24, 2.45) is 5.92 Å². The zero-order valence-corrected chi connectivity index (χ0v) is 19.9. The first-order valence-corrected chi connectivity index (χ1v) is 12.6. The molecule has 9 heteroatoms. The Morgan fingerprint density at radius 3 is 2.19 bits per heavy atom. The minimum Gasteiger partial charge on any atom is -0.340 e. The fraction of sp³-hybridized carbons (Fsp3) is 0.455. The zero-order chi connectivity index (χ0) is 22.8. The van der Waals surface area contributed by atoms with Gasteiger partial charge in [0, 0.05) is 36.6 Å². The van der Waals surface area contributed by atoms with Gasteiger partial charge in [-0.25, -0.2) is 8.42 Å². The van der Waals surface area contributed by atoms with Gasteiger partial charge in [-0.05, 0) is 43.5 Å². The summed E-state index contributed by atoms with van der Waals surface area (Å²) in [6.07, 6.45) is 0. The van der Waals surface area contributed by atoms with Crippen LogP contribution in [0.2, 0.25) is 0 Å². The van der Waals surface area contributed by atoms with E-state index in [0.29, 0.717) is 22.9 Å². The van der Waals surface area contributed by atoms with Gasteiger partial charge in [-0.15, -0.1) is 11.3 Å². The highest BCUT2D eigenvalue weighted by atomic mass is 32.2. The Hall–Kier alpha value is -2.23. The maximum atomic E-state index is 13.2. The van der Waals surface area contributed by atoms with Gasteiger partial charge in [0.1, 0.15) is 10.3 Å². The lowest BCUT2D eigenvalue weighted by Crippen LogP contribution is -2.57. The predicted octanol–water partition coefficient (Wildman–Crippen LogP) is 2.65. The molecule has 1 aliphatic rings. The Labute approximate surface area is 188 Å². The fourth-order valence-electron chi connectivity index (χ4n) is 3.58. The molecule has 1 saturated heterocycles. The second kappa shape index (κ2) is 9.50. The Balaban J connectivity index is 1.66. The Morgan fingerprint density at radius 1 is 1.00 bits per heavy atom. The zero-order valence-electron chi connectivity index (χ0n) is 18.3. The molecule has 168 valence electrons. The Kier molecular flexibility index (Phi) is 7.18. The number of nitrogens with one attached hydrogen (secondary N) is 1. The average molecular weight is 464 g/mol. The van der Waals surface area contributed by atoms with Crippen LogP contribution in [-0.4, -0.2) is 61.7 Å². The summed E-state index contributed by atoms with van der Waals surface area (Å²) in [6, 6.07) is 10.0. The van der Waals surface area contributed by atoms with Crippen LogP contribution in [0.3, 0.4) is 0 Å². The number of carbonyl (C=O) groups excluding carboxylic acids is 2. The van der Waals surface area contributed by atoms with E-state index in [2.05, 4.69) is 5.32 Å². The first kappa shape index (κ1) is 23.4. The molecule has 1 atom stereocenters. The molecule has 1 unspecified atom stereocenters. The second-order valence-electron chi connectivity index (χ2n) is 8.10. The third kappa shape index (κ3) is 5.16. The number of piperazine rings is 1. The van der Waals surface area contributed by atoms with E-state index in [-0.39, 0.29) is 30.8 Å². The minimum atomic E-state index is -3.54. The number of amides is 2. The summed E-state index contributed by atoms with van der Waals surface area (Å²) in [5.41, 5.74) is 1.39. The van der Waals surface area contributed by atoms with Crippen LogP contribution in [-0.2, 0) is 14.8 Å². The summed E-state index contributed by atoms with van der Waals surface area (Å²) in [4.78, 5) is 28.5. The topological polar surface area (TPSA) is 86.8 Å². The highest BCUT2D eigenvalue weighted by Gasteiger charge is 2.34. The van der Waals surface area contributed by atoms with Crippen LogP contribution < -0.4 is 5.32 Å². The number of thiophene rings is 1. The number of hydrogen-bond acceptors (Lipinski definition) is 5. The highest BCUT2D eigenvalue weighted by Crippen LogP contribution is 2.25. The van der Waals surface area contributed by atoms with E-state index in [0.717, 1.165) is 10.4 Å². The smallest absolute Gasteiger partial charge is 0.252 e. The molecule has 0 bridgehead atoms. The molecule has 2 amide bonds. The molecule has 1 aliphatic heterocycles. The molecule has 2 heterocycles. The van der Waals surface area contributed by atoms with Gasteiger partial charge in [-0.2, -0.15) is 4.31 Å². The van der Waals surface area contributed by atoms with Gasteiger partial charge in [-0.1, -0.05) is 32.0 Å². The average Bonchev–Trinajstić information content (AvgIpc) is 3.19. The van der Waals surface area contributed by atoms with Gasteiger partial charge in [0.15, 0.2) is 0 Å². The van der Waals surface area contributed by atoms with Crippen molar-refractivity contribution >= 4 is 33.2 Å². The number of hydrogen-bond donors (Lipinski definition) is 1. The van der Waals surface area contributed by atoms with E-state index in [9.17, 15) is 18.0 Å². The molecule has 31 heavy (non-hydrogen) atoms. The summed E-state index contributed by atoms with van der Waals surface area (Å²) >= 11 is 1.25. The number of sulfonamides is 1. The number of benzene rings is 1. The fourth-order valence-corrected chi connectivity index (χ4v) is 6.44. The number of carbonyl (C=O) groups is 2. The summed E-state index contributed by atoms with van der Waals surface area (Å²) in [5.74, 6) is -0.559. The largest absolute Gasteiger partial charge is 0.340 e. The van der Waals surface area contributed by atoms with Gasteiger partial charge in [0.25, 0.3) is 15.9 Å². The third-order valence-corrected chi connectivity index (χ3v) is 8.84. The SMILES string of the molecule is Cc1ccc(S(=O)(=O)N2CCN(C(=O)C(NC(=O)c3ccccc3C)C(C)C)CC2)s1. The lowest BCUT2D eigenvalue weighted by atomic mass is 10.0. The summed E-state index contributed by atoms with van der Waals surface area (Å²) in [7, 11) is -3.54. The van der Waals surface area contributed by atoms with Gasteiger partial charge >= 0.3 is 0 Å². The minimum absolute atomic E-state index is 0.101. The maximum absolute atomic E-state index is 13.2. The van der Waals surface area contributed by atoms with E-state index in [1.807, 2.05) is 39.8 Å². The van der Waals surface area contributed by atoms with Crippen LogP contribution in [0.15, 0.2) is 40.6 Å². The van der Waals surface area contributed by atoms with Gasteiger partial charge in [0.2, 0.25) is 5.91 Å². The molecule has 7 nitrogen and oxygen atoms in total. The lowest BCUT2D eigenvalue weighted by Gasteiger charge is -2.36. The molecule has 1 aromatic heterocycles. The molecular formula is C22H29N3O4S2. The van der Waals surface area contributed by atoms with Crippen LogP contribution in [0.1, 0.15) is 34.6 Å². The highest BCUT2D eigenvalue weighted by molar-refractivity contribution is 7.91. The summed E-state index contributed by atoms with van der Waals surface area (Å²) in [5, 5.41) is 2.88. The molecule has 2 aromatic rings. The first-order valence-electron chi connectivity index (χ1n) is 10.3. The predicted molar refractivity (Wildman–Crippen MR) is 122 cm³/mol. The van der Waals surface area contributed by atoms with E-state index in [1.54, 1.807) is 29.2 Å². The molecule has 0 aliphatic carbocycles. The van der Waals surface area contributed by atoms with Crippen molar-refractivity contribution in [3.63, 3.8) is 0 Å². The van der Waals surface area contributed by atoms with Gasteiger partial charge in [0.05, 0.1) is 0 Å². The lowest BCUT2D eigenvalue weighted by molar-refractivity contribution is -0.135. The van der Waals surface area contributed by atoms with E-state index < -0.39 is 16.1 Å². The van der Waals surface area contributed by atoms with Gasteiger partial charge < -0.3 is 10.2 Å². The normalized spacial score (nSPS) is 16.4. The molecule has 0 spiro atoms. The maximum Gasteiger partial charge on any atom is 0.252 e. The standard InChI is InChI=1S/C22H29N3O4S2/c1-15(2)20(23-21(26)18-8-6-5-7-16(18)3)22(27)24-11-13-25(14-12-24)31(28,29)19-10-9-17(4)30-19/h5-10,15,20H,11-14H2,1-4H3,(H,23,26). The first-order chi connectivity index (χ1) is 14.6. The van der Waals surface area contributed by atoms with Gasteiger partial charge in [-0.3, -0.25) is 9.59 Å². The third-order valence-electron chi connectivity index (χ3n) is 5.47. The molecule has 1 N–H and O–H groups in total. The molecular weight excluding hydrogens is 434 g/mol. The monoisotopic (exact) mass is 463 g/mol. The van der Waals surface area contributed by atoms with Crippen molar-refractivity contribution < 1.29 is 18.0 Å². The summed E-state index contributed by atoms with van der Waals surface area (Å²) in [6.45, 7) is 8.58. The Morgan fingerprint density at radius 2 is 1.65 bits per heavy atom. The molecule has 3 rings (SSSR count). The quantitative estimate of drug-likeness (QED) is 0.714. The van der Waals surface area contributed by atoms with Crippen molar-refractivity contribution in [2.45, 2.75) is 37.9 Å².